The summed E-state index contributed by atoms with van der Waals surface area (Å²) >= 11 is 0. The first-order valence-corrected chi connectivity index (χ1v) is 32.0. The maximum absolute atomic E-state index is 5.45. The molecule has 2 aromatic heterocycles. The zero-order valence-corrected chi connectivity index (χ0v) is 51.6. The first-order chi connectivity index (χ1) is 46.0. The number of ether oxygens (including phenoxy) is 1. The van der Waals surface area contributed by atoms with Crippen molar-refractivity contribution >= 4 is 86.7 Å². The largest absolute Gasteiger partial charge is 0.497 e. The van der Waals surface area contributed by atoms with Gasteiger partial charge in [-0.1, -0.05) is 267 Å². The lowest BCUT2D eigenvalue weighted by Crippen LogP contribution is -1.93. The fourth-order valence-electron chi connectivity index (χ4n) is 14.8. The average molecular weight is 1190 g/mol. The zero-order valence-electron chi connectivity index (χ0n) is 51.6. The molecule has 0 fully saturated rings. The predicted molar refractivity (Wildman–Crippen MR) is 396 cm³/mol. The minimum absolute atomic E-state index is 0.863. The van der Waals surface area contributed by atoms with Crippen molar-refractivity contribution in [1.29, 1.82) is 0 Å². The van der Waals surface area contributed by atoms with Crippen LogP contribution in [0.1, 0.15) is 0 Å². The van der Waals surface area contributed by atoms with Crippen LogP contribution in [-0.2, 0) is 7.05 Å². The molecule has 18 aromatic rings. The Morgan fingerprint density at radius 2 is 0.495 bits per heavy atom. The van der Waals surface area contributed by atoms with E-state index in [0.717, 1.165) is 5.75 Å². The molecule has 0 aliphatic carbocycles. The zero-order chi connectivity index (χ0) is 61.9. The summed E-state index contributed by atoms with van der Waals surface area (Å²) in [6.07, 6.45) is 0. The topological polar surface area (TPSA) is 19.1 Å². The Morgan fingerprint density at radius 3 is 0.968 bits per heavy atom. The molecular formula is C90H62N2O. The fourth-order valence-corrected chi connectivity index (χ4v) is 14.8. The number of hydrogen-bond acceptors (Lipinski definition) is 1. The molecule has 3 nitrogen and oxygen atoms in total. The third-order valence-electron chi connectivity index (χ3n) is 19.1. The van der Waals surface area contributed by atoms with Crippen LogP contribution in [0.2, 0.25) is 0 Å². The molecule has 0 unspecified atom stereocenters. The monoisotopic (exact) mass is 1190 g/mol. The molecule has 16 aromatic carbocycles. The van der Waals surface area contributed by atoms with Crippen LogP contribution in [0.3, 0.4) is 0 Å². The van der Waals surface area contributed by atoms with E-state index < -0.39 is 0 Å². The molecule has 0 saturated carbocycles. The number of aromatic nitrogens is 2. The summed E-state index contributed by atoms with van der Waals surface area (Å²) in [6, 6.07) is 123. The van der Waals surface area contributed by atoms with Gasteiger partial charge in [0.25, 0.3) is 0 Å². The second-order valence-corrected chi connectivity index (χ2v) is 24.2. The van der Waals surface area contributed by atoms with Crippen molar-refractivity contribution < 1.29 is 4.74 Å². The van der Waals surface area contributed by atoms with Gasteiger partial charge in [0.2, 0.25) is 0 Å². The van der Waals surface area contributed by atoms with E-state index >= 15 is 0 Å². The number of methoxy groups -OCH3 is 1. The molecule has 0 aliphatic heterocycles. The Morgan fingerprint density at radius 1 is 0.204 bits per heavy atom. The van der Waals surface area contributed by atoms with Crippen LogP contribution < -0.4 is 4.74 Å². The Balaban J connectivity index is 0.000000145. The van der Waals surface area contributed by atoms with Gasteiger partial charge in [-0.3, -0.25) is 0 Å². The molecule has 2 heterocycles. The fraction of sp³-hybridized carbons (Fsp3) is 0.0222. The number of fused-ring (bicyclic) bond motifs is 10. The molecular weight excluding hydrogens is 1130 g/mol. The summed E-state index contributed by atoms with van der Waals surface area (Å²) in [5.41, 5.74) is 23.4. The molecule has 93 heavy (non-hydrogen) atoms. The normalized spacial score (nSPS) is 11.5. The first kappa shape index (κ1) is 55.1. The molecule has 0 bridgehead atoms. The van der Waals surface area contributed by atoms with Crippen LogP contribution in [0.5, 0.6) is 5.75 Å². The lowest BCUT2D eigenvalue weighted by molar-refractivity contribution is 0.415. The number of rotatable bonds is 9. The quantitative estimate of drug-likeness (QED) is 0.132. The lowest BCUT2D eigenvalue weighted by Gasteiger charge is -2.18. The maximum Gasteiger partial charge on any atom is 0.118 e. The van der Waals surface area contributed by atoms with E-state index in [2.05, 4.69) is 344 Å². The number of hydrogen-bond donors (Lipinski definition) is 0. The number of aryl methyl sites for hydroxylation is 1. The SMILES string of the molecule is COc1ccc(-c2c3ccccc3c(-c3cccc(-c4ccc5c(c4)c4ccccc4n5C)c3)c3ccccc23)cc1.c1ccc(-c2ccc(-c3c4ccccc4c(-c4cccc(-c5ccc6c(c5)c5ccccc5n6-c5ccccc5)c4)c4ccccc34)cc2)cc1. The van der Waals surface area contributed by atoms with Gasteiger partial charge in [0.1, 0.15) is 5.75 Å². The van der Waals surface area contributed by atoms with Gasteiger partial charge in [-0.25, -0.2) is 0 Å². The van der Waals surface area contributed by atoms with E-state index in [0.29, 0.717) is 0 Å². The second-order valence-electron chi connectivity index (χ2n) is 24.2. The Labute approximate surface area is 540 Å². The highest BCUT2D eigenvalue weighted by Crippen LogP contribution is 2.47. The summed E-state index contributed by atoms with van der Waals surface area (Å²) in [4.78, 5) is 0. The number of para-hydroxylation sites is 3. The smallest absolute Gasteiger partial charge is 0.118 e. The van der Waals surface area contributed by atoms with Crippen molar-refractivity contribution in [3.8, 4) is 89.3 Å². The predicted octanol–water partition coefficient (Wildman–Crippen LogP) is 24.4. The average Bonchev–Trinajstić information content (AvgIpc) is 1.56. The van der Waals surface area contributed by atoms with Crippen LogP contribution in [-0.4, -0.2) is 16.2 Å². The third-order valence-corrected chi connectivity index (χ3v) is 19.1. The van der Waals surface area contributed by atoms with E-state index in [1.807, 2.05) is 12.1 Å². The van der Waals surface area contributed by atoms with Gasteiger partial charge in [-0.2, -0.15) is 0 Å². The lowest BCUT2D eigenvalue weighted by atomic mass is 9.85. The Bertz CT molecular complexity index is 5780. The highest BCUT2D eigenvalue weighted by atomic mass is 16.5. The van der Waals surface area contributed by atoms with Gasteiger partial charge in [0.15, 0.2) is 0 Å². The van der Waals surface area contributed by atoms with Crippen molar-refractivity contribution in [3.63, 3.8) is 0 Å². The van der Waals surface area contributed by atoms with E-state index in [-0.39, 0.29) is 0 Å². The molecule has 0 saturated heterocycles. The van der Waals surface area contributed by atoms with Gasteiger partial charge in [-0.05, 0) is 194 Å². The van der Waals surface area contributed by atoms with Gasteiger partial charge in [0.05, 0.1) is 18.1 Å². The van der Waals surface area contributed by atoms with Crippen molar-refractivity contribution in [1.82, 2.24) is 9.13 Å². The van der Waals surface area contributed by atoms with E-state index in [1.54, 1.807) is 7.11 Å². The van der Waals surface area contributed by atoms with Crippen LogP contribution in [0.15, 0.2) is 340 Å². The molecule has 18 rings (SSSR count). The minimum Gasteiger partial charge on any atom is -0.497 e. The molecule has 0 aliphatic rings. The first-order valence-electron chi connectivity index (χ1n) is 32.0. The molecule has 0 spiro atoms. The summed E-state index contributed by atoms with van der Waals surface area (Å²) < 4.78 is 10.1. The highest BCUT2D eigenvalue weighted by Gasteiger charge is 2.21. The van der Waals surface area contributed by atoms with Crippen LogP contribution in [0, 0.1) is 0 Å². The summed E-state index contributed by atoms with van der Waals surface area (Å²) in [5, 5.41) is 15.2. The van der Waals surface area contributed by atoms with E-state index in [1.165, 1.54) is 170 Å². The molecule has 3 heteroatoms. The standard InChI is InChI=1S/C50H33N.C40H29NO/c1-3-14-34(15-4-1)35-26-28-36(29-27-35)49-42-21-7-9-23-44(42)50(45-24-10-8-22-43(45)49)39-17-13-16-37(32-39)38-30-31-48-46(33-38)41-20-11-12-25-47(41)51(48)40-18-5-2-6-19-40;1-41-37-17-8-7-12-31(37)36-25-28(20-23-38(36)41)27-10-9-11-29(24-27)40-34-15-5-3-13-32(34)39(33-14-4-6-16-35(33)40)26-18-21-30(42-2)22-19-26/h1-33H;3-25H,1-2H3. The molecule has 438 valence electrons. The number of benzene rings is 16. The molecule has 0 amide bonds. The maximum atomic E-state index is 5.45. The van der Waals surface area contributed by atoms with Crippen LogP contribution >= 0.6 is 0 Å². The van der Waals surface area contributed by atoms with E-state index in [4.69, 9.17) is 4.74 Å². The van der Waals surface area contributed by atoms with Gasteiger partial charge >= 0.3 is 0 Å². The second kappa shape index (κ2) is 23.1. The summed E-state index contributed by atoms with van der Waals surface area (Å²) in [6.45, 7) is 0. The Kier molecular flexibility index (Phi) is 13.7. The van der Waals surface area contributed by atoms with E-state index in [9.17, 15) is 0 Å². The molecule has 0 N–H and O–H groups in total. The van der Waals surface area contributed by atoms with Gasteiger partial charge < -0.3 is 13.9 Å². The highest BCUT2D eigenvalue weighted by molar-refractivity contribution is 6.23. The minimum atomic E-state index is 0.863. The molecule has 0 atom stereocenters. The summed E-state index contributed by atoms with van der Waals surface area (Å²) in [5.74, 6) is 0.863. The van der Waals surface area contributed by atoms with Gasteiger partial charge in [0, 0.05) is 45.3 Å². The summed E-state index contributed by atoms with van der Waals surface area (Å²) in [7, 11) is 3.86. The molecule has 0 radical (unpaired) electrons. The van der Waals surface area contributed by atoms with Gasteiger partial charge in [-0.15, -0.1) is 0 Å². The van der Waals surface area contributed by atoms with Crippen molar-refractivity contribution in [3.05, 3.63) is 340 Å². The van der Waals surface area contributed by atoms with Crippen LogP contribution in [0.25, 0.3) is 170 Å². The third kappa shape index (κ3) is 9.52. The number of nitrogens with zero attached hydrogens (tertiary/aromatic N) is 2. The van der Waals surface area contributed by atoms with Crippen molar-refractivity contribution in [2.75, 3.05) is 7.11 Å². The van der Waals surface area contributed by atoms with Crippen molar-refractivity contribution in [2.45, 2.75) is 0 Å². The van der Waals surface area contributed by atoms with Crippen molar-refractivity contribution in [2.24, 2.45) is 7.05 Å². The van der Waals surface area contributed by atoms with Crippen LogP contribution in [0.4, 0.5) is 0 Å². The Hall–Kier alpha value is -12.0.